The maximum absolute atomic E-state index is 13.1. The van der Waals surface area contributed by atoms with Gasteiger partial charge in [0.2, 0.25) is 0 Å². The molecule has 0 radical (unpaired) electrons. The van der Waals surface area contributed by atoms with Gasteiger partial charge in [0.05, 0.1) is 22.8 Å². The molecule has 264 valence electrons. The molecule has 4 atom stereocenters. The molecular weight excluding hydrogens is 694 g/mol. The van der Waals surface area contributed by atoms with E-state index in [9.17, 15) is 4.57 Å². The molecule has 2 fully saturated rings. The average Bonchev–Trinajstić information content (AvgIpc) is 3.10. The van der Waals surface area contributed by atoms with E-state index in [2.05, 4.69) is 0 Å². The largest absolute Gasteiger partial charge is 0.697 e. The molecule has 0 spiro atoms. The Morgan fingerprint density at radius 1 is 0.660 bits per heavy atom. The van der Waals surface area contributed by atoms with Crippen LogP contribution in [0.5, 0.6) is 11.5 Å². The van der Waals surface area contributed by atoms with Crippen molar-refractivity contribution in [1.29, 1.82) is 0 Å². The van der Waals surface area contributed by atoms with Crippen LogP contribution < -0.4 is 20.9 Å². The number of hydrogen-bond donors (Lipinski definition) is 2. The molecule has 2 aromatic carbocycles. The first-order valence-electron chi connectivity index (χ1n) is 17.3. The SMILES string of the molecule is Cc1nc(-c2ccc(Cl)cc2CN)ccc1OC1CCCC(O[P+](=O)OC2CCCC(Oc3ccc(-c4ccc(Cl)cc4CN)nc3C)C2)C1. The van der Waals surface area contributed by atoms with Crippen LogP contribution in [-0.2, 0) is 26.7 Å². The van der Waals surface area contributed by atoms with Crippen LogP contribution in [0.1, 0.15) is 73.9 Å². The number of hydrogen-bond acceptors (Lipinski definition) is 9. The molecule has 4 unspecified atom stereocenters. The van der Waals surface area contributed by atoms with Crippen LogP contribution >= 0.6 is 31.5 Å². The number of nitrogens with zero attached hydrogens (tertiary/aromatic N) is 2. The van der Waals surface area contributed by atoms with Crippen LogP contribution in [-0.4, -0.2) is 34.4 Å². The van der Waals surface area contributed by atoms with Crippen molar-refractivity contribution in [2.75, 3.05) is 0 Å². The summed E-state index contributed by atoms with van der Waals surface area (Å²) in [5.41, 5.74) is 18.9. The van der Waals surface area contributed by atoms with E-state index >= 15 is 0 Å². The van der Waals surface area contributed by atoms with Gasteiger partial charge >= 0.3 is 8.25 Å². The summed E-state index contributed by atoms with van der Waals surface area (Å²) in [6, 6.07) is 19.1. The smallest absolute Gasteiger partial charge is 0.488 e. The first-order valence-corrected chi connectivity index (χ1v) is 19.1. The Balaban J connectivity index is 0.996. The van der Waals surface area contributed by atoms with Gasteiger partial charge in [-0.25, -0.2) is 9.97 Å². The van der Waals surface area contributed by atoms with Crippen molar-refractivity contribution in [2.45, 2.75) is 103 Å². The molecule has 2 saturated carbocycles. The summed E-state index contributed by atoms with van der Waals surface area (Å²) in [4.78, 5) is 9.60. The first-order chi connectivity index (χ1) is 24.2. The van der Waals surface area contributed by atoms with Crippen molar-refractivity contribution < 1.29 is 23.1 Å². The number of aryl methyl sites for hydroxylation is 2. The van der Waals surface area contributed by atoms with Crippen molar-refractivity contribution in [1.82, 2.24) is 9.97 Å². The zero-order chi connectivity index (χ0) is 35.2. The molecule has 0 amide bonds. The maximum atomic E-state index is 13.1. The lowest BCUT2D eigenvalue weighted by molar-refractivity contribution is 0.0346. The molecule has 2 aromatic heterocycles. The summed E-state index contributed by atoms with van der Waals surface area (Å²) >= 11 is 12.3. The Morgan fingerprint density at radius 2 is 1.08 bits per heavy atom. The van der Waals surface area contributed by atoms with E-state index < -0.39 is 8.25 Å². The van der Waals surface area contributed by atoms with Crippen LogP contribution in [0.25, 0.3) is 22.5 Å². The summed E-state index contributed by atoms with van der Waals surface area (Å²) in [6.07, 6.45) is 5.88. The highest BCUT2D eigenvalue weighted by atomic mass is 35.5. The second-order valence-electron chi connectivity index (χ2n) is 13.1. The lowest BCUT2D eigenvalue weighted by Crippen LogP contribution is -2.31. The minimum atomic E-state index is -2.30. The summed E-state index contributed by atoms with van der Waals surface area (Å²) < 4.78 is 37.8. The average molecular weight is 739 g/mol. The lowest BCUT2D eigenvalue weighted by atomic mass is 9.95. The molecule has 50 heavy (non-hydrogen) atoms. The second kappa shape index (κ2) is 16.9. The first kappa shape index (κ1) is 36.6. The quantitative estimate of drug-likeness (QED) is 0.137. The molecule has 0 aliphatic heterocycles. The van der Waals surface area contributed by atoms with Crippen LogP contribution in [0.4, 0.5) is 0 Å². The molecule has 4 aromatic rings. The third-order valence-corrected chi connectivity index (χ3v) is 10.8. The van der Waals surface area contributed by atoms with Gasteiger partial charge in [-0.3, -0.25) is 0 Å². The van der Waals surface area contributed by atoms with Crippen molar-refractivity contribution >= 4 is 31.5 Å². The van der Waals surface area contributed by atoms with E-state index in [1.54, 1.807) is 0 Å². The third kappa shape index (κ3) is 9.20. The summed E-state index contributed by atoms with van der Waals surface area (Å²) in [5.74, 6) is 1.45. The van der Waals surface area contributed by atoms with Crippen LogP contribution in [0.15, 0.2) is 60.7 Å². The highest BCUT2D eigenvalue weighted by Gasteiger charge is 2.37. The van der Waals surface area contributed by atoms with E-state index in [1.165, 1.54) is 0 Å². The number of ether oxygens (including phenoxy) is 2. The molecule has 2 aliphatic carbocycles. The summed E-state index contributed by atoms with van der Waals surface area (Å²) in [7, 11) is -2.30. The minimum absolute atomic E-state index is 0.0732. The van der Waals surface area contributed by atoms with E-state index in [1.807, 2.05) is 74.5 Å². The van der Waals surface area contributed by atoms with E-state index in [0.717, 1.165) is 95.1 Å². The van der Waals surface area contributed by atoms with Gasteiger partial charge in [0.15, 0.2) is 0 Å². The van der Waals surface area contributed by atoms with Crippen molar-refractivity contribution in [3.63, 3.8) is 0 Å². The van der Waals surface area contributed by atoms with Gasteiger partial charge in [0, 0.05) is 51.7 Å². The van der Waals surface area contributed by atoms with Gasteiger partial charge in [-0.15, -0.1) is 9.05 Å². The van der Waals surface area contributed by atoms with Gasteiger partial charge < -0.3 is 20.9 Å². The number of aromatic nitrogens is 2. The fraction of sp³-hybridized carbons (Fsp3) is 0.421. The monoisotopic (exact) mass is 737 g/mol. The molecule has 9 nitrogen and oxygen atoms in total. The van der Waals surface area contributed by atoms with Crippen LogP contribution in [0.3, 0.4) is 0 Å². The number of benzene rings is 2. The molecule has 4 N–H and O–H groups in total. The van der Waals surface area contributed by atoms with Crippen molar-refractivity contribution in [3.8, 4) is 34.0 Å². The zero-order valence-corrected chi connectivity index (χ0v) is 30.9. The third-order valence-electron chi connectivity index (χ3n) is 9.41. The van der Waals surface area contributed by atoms with Crippen LogP contribution in [0, 0.1) is 13.8 Å². The number of halogens is 2. The molecule has 0 bridgehead atoms. The van der Waals surface area contributed by atoms with Crippen LogP contribution in [0.2, 0.25) is 10.0 Å². The Labute approximate surface area is 304 Å². The Hall–Kier alpha value is -3.14. The Kier molecular flexibility index (Phi) is 12.4. The van der Waals surface area contributed by atoms with Gasteiger partial charge in [-0.05, 0) is 112 Å². The molecule has 12 heteroatoms. The number of pyridine rings is 2. The van der Waals surface area contributed by atoms with Crippen molar-refractivity contribution in [3.05, 3.63) is 93.2 Å². The van der Waals surface area contributed by atoms with Crippen molar-refractivity contribution in [2.24, 2.45) is 11.5 Å². The van der Waals surface area contributed by atoms with Gasteiger partial charge in [0.25, 0.3) is 0 Å². The zero-order valence-electron chi connectivity index (χ0n) is 28.4. The minimum Gasteiger partial charge on any atom is -0.488 e. The molecule has 2 heterocycles. The number of rotatable bonds is 12. The topological polar surface area (TPSA) is 132 Å². The van der Waals surface area contributed by atoms with Gasteiger partial charge in [-0.2, -0.15) is 0 Å². The Morgan fingerprint density at radius 3 is 1.48 bits per heavy atom. The van der Waals surface area contributed by atoms with Gasteiger partial charge in [0.1, 0.15) is 35.9 Å². The van der Waals surface area contributed by atoms with E-state index in [-0.39, 0.29) is 24.4 Å². The lowest BCUT2D eigenvalue weighted by Gasteiger charge is -2.28. The normalized spacial score (nSPS) is 21.1. The fourth-order valence-corrected chi connectivity index (χ4v) is 8.15. The summed E-state index contributed by atoms with van der Waals surface area (Å²) in [6.45, 7) is 4.61. The van der Waals surface area contributed by atoms with E-state index in [0.29, 0.717) is 36.0 Å². The second-order valence-corrected chi connectivity index (χ2v) is 14.8. The predicted octanol–water partition coefficient (Wildman–Crippen LogP) is 9.42. The Bertz CT molecular complexity index is 1700. The summed E-state index contributed by atoms with van der Waals surface area (Å²) in [5, 5.41) is 1.29. The molecule has 2 aliphatic rings. The number of nitrogens with two attached hydrogens (primary N) is 2. The standard InChI is InChI=1S/C38H44Cl2N4O5P/c1-23-37(15-13-35(43-23)33-11-9-27(39)17-25(33)21-41)46-29-5-3-7-31(19-29)48-50(45)49-32-8-4-6-30(20-32)47-38-16-14-36(44-24(38)2)34-12-10-28(40)18-26(34)22-42/h9-18,29-32H,3-8,19-22,41-42H2,1-2H3/q+1. The predicted molar refractivity (Wildman–Crippen MR) is 198 cm³/mol. The fourth-order valence-electron chi connectivity index (χ4n) is 6.84. The highest BCUT2D eigenvalue weighted by Crippen LogP contribution is 2.39. The molecule has 6 rings (SSSR count). The molecular formula is C38H44Cl2N4O5P+. The van der Waals surface area contributed by atoms with E-state index in [4.69, 9.17) is 63.2 Å². The highest BCUT2D eigenvalue weighted by molar-refractivity contribution is 7.33. The van der Waals surface area contributed by atoms with Gasteiger partial charge in [-0.1, -0.05) is 35.3 Å². The molecule has 0 saturated heterocycles. The maximum Gasteiger partial charge on any atom is 0.697 e.